The third-order valence-electron chi connectivity index (χ3n) is 4.63. The van der Waals surface area contributed by atoms with Crippen molar-refractivity contribution in [2.24, 2.45) is 5.92 Å². The van der Waals surface area contributed by atoms with Crippen molar-refractivity contribution in [1.29, 1.82) is 0 Å². The van der Waals surface area contributed by atoms with Gasteiger partial charge in [-0.1, -0.05) is 0 Å². The van der Waals surface area contributed by atoms with Crippen LogP contribution >= 0.6 is 0 Å². The summed E-state index contributed by atoms with van der Waals surface area (Å²) < 4.78 is 0. The van der Waals surface area contributed by atoms with Crippen LogP contribution in [0.2, 0.25) is 0 Å². The second kappa shape index (κ2) is 6.57. The fraction of sp³-hybridized carbons (Fsp3) is 0.867. The maximum atomic E-state index is 12.6. The molecule has 1 atom stereocenters. The van der Waals surface area contributed by atoms with Crippen molar-refractivity contribution in [1.82, 2.24) is 9.80 Å². The van der Waals surface area contributed by atoms with E-state index in [9.17, 15) is 9.59 Å². The highest BCUT2D eigenvalue weighted by atomic mass is 16.4. The average molecular weight is 282 g/mol. The summed E-state index contributed by atoms with van der Waals surface area (Å²) in [7, 11) is 0. The number of nitrogens with zero attached hydrogens (tertiary/aromatic N) is 2. The molecule has 0 spiro atoms. The minimum Gasteiger partial charge on any atom is -0.481 e. The summed E-state index contributed by atoms with van der Waals surface area (Å²) in [6.07, 6.45) is 3.96. The van der Waals surface area contributed by atoms with E-state index < -0.39 is 5.97 Å². The van der Waals surface area contributed by atoms with E-state index in [0.29, 0.717) is 6.04 Å². The number of likely N-dealkylation sites (tertiary alicyclic amines) is 2. The molecule has 2 aliphatic rings. The lowest BCUT2D eigenvalue weighted by molar-refractivity contribution is -0.139. The Hall–Kier alpha value is -1.10. The predicted molar refractivity (Wildman–Crippen MR) is 76.4 cm³/mol. The quantitative estimate of drug-likeness (QED) is 0.850. The summed E-state index contributed by atoms with van der Waals surface area (Å²) in [4.78, 5) is 27.6. The molecule has 2 fully saturated rings. The number of carboxylic acid groups (broad SMARTS) is 1. The Kier molecular flexibility index (Phi) is 5.02. The molecule has 2 saturated heterocycles. The number of aliphatic carboxylic acids is 1. The van der Waals surface area contributed by atoms with Gasteiger partial charge in [-0.05, 0) is 52.0 Å². The summed E-state index contributed by atoms with van der Waals surface area (Å²) in [6.45, 7) is 6.75. The molecular weight excluding hydrogens is 256 g/mol. The van der Waals surface area contributed by atoms with Crippen LogP contribution in [0.5, 0.6) is 0 Å². The van der Waals surface area contributed by atoms with Crippen molar-refractivity contribution in [3.63, 3.8) is 0 Å². The van der Waals surface area contributed by atoms with E-state index in [2.05, 4.69) is 18.7 Å². The molecule has 0 aromatic carbocycles. The minimum absolute atomic E-state index is 0.0472. The van der Waals surface area contributed by atoms with E-state index in [1.54, 1.807) is 0 Å². The van der Waals surface area contributed by atoms with Gasteiger partial charge in [0.05, 0.1) is 6.04 Å². The summed E-state index contributed by atoms with van der Waals surface area (Å²) in [6, 6.07) is 0.460. The van der Waals surface area contributed by atoms with Crippen LogP contribution in [0.25, 0.3) is 0 Å². The first kappa shape index (κ1) is 15.3. The van der Waals surface area contributed by atoms with Gasteiger partial charge in [0, 0.05) is 25.6 Å². The van der Waals surface area contributed by atoms with Crippen molar-refractivity contribution >= 4 is 11.9 Å². The Labute approximate surface area is 120 Å². The first-order valence-corrected chi connectivity index (χ1v) is 7.75. The lowest BCUT2D eigenvalue weighted by Crippen LogP contribution is -2.50. The highest BCUT2D eigenvalue weighted by Gasteiger charge is 2.36. The lowest BCUT2D eigenvalue weighted by atomic mass is 9.93. The smallest absolute Gasteiger partial charge is 0.303 e. The fourth-order valence-corrected chi connectivity index (χ4v) is 3.49. The van der Waals surface area contributed by atoms with Gasteiger partial charge < -0.3 is 10.0 Å². The Morgan fingerprint density at radius 2 is 1.80 bits per heavy atom. The zero-order chi connectivity index (χ0) is 14.7. The van der Waals surface area contributed by atoms with Crippen LogP contribution in [0.4, 0.5) is 0 Å². The molecule has 0 radical (unpaired) electrons. The molecule has 1 unspecified atom stereocenters. The number of amides is 1. The lowest BCUT2D eigenvalue weighted by Gasteiger charge is -2.36. The zero-order valence-electron chi connectivity index (χ0n) is 12.5. The van der Waals surface area contributed by atoms with Crippen LogP contribution in [0, 0.1) is 5.92 Å². The second-order valence-electron chi connectivity index (χ2n) is 6.36. The number of carbonyl (C=O) groups excluding carboxylic acids is 1. The van der Waals surface area contributed by atoms with Gasteiger partial charge in [0.1, 0.15) is 0 Å². The number of hydrogen-bond donors (Lipinski definition) is 1. The van der Waals surface area contributed by atoms with Crippen molar-refractivity contribution in [2.75, 3.05) is 19.6 Å². The summed E-state index contributed by atoms with van der Waals surface area (Å²) in [5.74, 6) is -0.233. The van der Waals surface area contributed by atoms with Crippen molar-refractivity contribution in [2.45, 2.75) is 58.0 Å². The Balaban J connectivity index is 1.87. The standard InChI is InChI=1S/C15H26N2O3/c1-11(2)17-7-3-4-13(17)15(20)16-8-5-12(6-9-16)10-14(18)19/h11-13H,3-10H2,1-2H3,(H,18,19). The topological polar surface area (TPSA) is 60.9 Å². The van der Waals surface area contributed by atoms with Crippen molar-refractivity contribution in [3.05, 3.63) is 0 Å². The van der Waals surface area contributed by atoms with E-state index in [4.69, 9.17) is 5.11 Å². The SMILES string of the molecule is CC(C)N1CCCC1C(=O)N1CCC(CC(=O)O)CC1. The van der Waals surface area contributed by atoms with Gasteiger partial charge in [-0.3, -0.25) is 14.5 Å². The molecule has 1 amide bonds. The molecule has 0 aliphatic carbocycles. The molecule has 2 aliphatic heterocycles. The third-order valence-corrected chi connectivity index (χ3v) is 4.63. The van der Waals surface area contributed by atoms with Gasteiger partial charge >= 0.3 is 5.97 Å². The van der Waals surface area contributed by atoms with Gasteiger partial charge in [0.2, 0.25) is 5.91 Å². The van der Waals surface area contributed by atoms with E-state index in [-0.39, 0.29) is 24.3 Å². The second-order valence-corrected chi connectivity index (χ2v) is 6.36. The molecule has 0 saturated carbocycles. The third kappa shape index (κ3) is 3.51. The number of hydrogen-bond acceptors (Lipinski definition) is 3. The molecule has 2 rings (SSSR count). The number of carboxylic acids is 1. The Morgan fingerprint density at radius 1 is 1.15 bits per heavy atom. The normalized spacial score (nSPS) is 25.4. The minimum atomic E-state index is -0.725. The van der Waals surface area contributed by atoms with E-state index in [0.717, 1.165) is 45.3 Å². The van der Waals surface area contributed by atoms with Crippen LogP contribution in [0.15, 0.2) is 0 Å². The van der Waals surface area contributed by atoms with E-state index >= 15 is 0 Å². The van der Waals surface area contributed by atoms with Crippen LogP contribution in [0.3, 0.4) is 0 Å². The van der Waals surface area contributed by atoms with Gasteiger partial charge in [-0.2, -0.15) is 0 Å². The summed E-state index contributed by atoms with van der Waals surface area (Å²) >= 11 is 0. The zero-order valence-corrected chi connectivity index (χ0v) is 12.5. The maximum Gasteiger partial charge on any atom is 0.303 e. The largest absolute Gasteiger partial charge is 0.481 e. The molecule has 0 aromatic heterocycles. The summed E-state index contributed by atoms with van der Waals surface area (Å²) in [5.41, 5.74) is 0. The van der Waals surface area contributed by atoms with Gasteiger partial charge in [0.15, 0.2) is 0 Å². The molecule has 114 valence electrons. The monoisotopic (exact) mass is 282 g/mol. The highest BCUT2D eigenvalue weighted by molar-refractivity contribution is 5.82. The van der Waals surface area contributed by atoms with Crippen LogP contribution < -0.4 is 0 Å². The number of piperidine rings is 1. The molecule has 5 heteroatoms. The highest BCUT2D eigenvalue weighted by Crippen LogP contribution is 2.25. The summed E-state index contributed by atoms with van der Waals surface area (Å²) in [5, 5.41) is 8.82. The number of carbonyl (C=O) groups is 2. The first-order chi connectivity index (χ1) is 9.49. The molecule has 20 heavy (non-hydrogen) atoms. The molecule has 0 bridgehead atoms. The van der Waals surface area contributed by atoms with Gasteiger partial charge in [-0.15, -0.1) is 0 Å². The van der Waals surface area contributed by atoms with E-state index in [1.807, 2.05) is 4.90 Å². The van der Waals surface area contributed by atoms with Gasteiger partial charge in [0.25, 0.3) is 0 Å². The fourth-order valence-electron chi connectivity index (χ4n) is 3.49. The van der Waals surface area contributed by atoms with E-state index in [1.165, 1.54) is 0 Å². The van der Waals surface area contributed by atoms with Crippen molar-refractivity contribution < 1.29 is 14.7 Å². The van der Waals surface area contributed by atoms with Crippen LogP contribution in [-0.2, 0) is 9.59 Å². The molecule has 0 aromatic rings. The average Bonchev–Trinajstić information content (AvgIpc) is 2.87. The number of rotatable bonds is 4. The molecule has 5 nitrogen and oxygen atoms in total. The first-order valence-electron chi connectivity index (χ1n) is 7.75. The Morgan fingerprint density at radius 3 is 2.35 bits per heavy atom. The molecule has 2 heterocycles. The van der Waals surface area contributed by atoms with Gasteiger partial charge in [-0.25, -0.2) is 0 Å². The van der Waals surface area contributed by atoms with Crippen molar-refractivity contribution in [3.8, 4) is 0 Å². The predicted octanol–water partition coefficient (Wildman–Crippen LogP) is 1.57. The van der Waals surface area contributed by atoms with Crippen LogP contribution in [-0.4, -0.2) is 58.5 Å². The van der Waals surface area contributed by atoms with Crippen LogP contribution in [0.1, 0.15) is 46.0 Å². The maximum absolute atomic E-state index is 12.6. The molecular formula is C15H26N2O3. The Bertz CT molecular complexity index is 362. The molecule has 1 N–H and O–H groups in total.